The number of rotatable bonds is 5. The number of benzene rings is 2. The molecule has 0 spiro atoms. The number of carbonyl (C=O) groups is 2. The van der Waals surface area contributed by atoms with Crippen molar-refractivity contribution in [2.24, 2.45) is 5.92 Å². The van der Waals surface area contributed by atoms with E-state index in [2.05, 4.69) is 5.32 Å². The largest absolute Gasteiger partial charge is 0.478 e. The topological polar surface area (TPSA) is 102 Å². The maximum atomic E-state index is 12.9. The Labute approximate surface area is 174 Å². The second-order valence-corrected chi connectivity index (χ2v) is 7.24. The van der Waals surface area contributed by atoms with Crippen molar-refractivity contribution in [3.8, 4) is 5.75 Å². The van der Waals surface area contributed by atoms with Crippen LogP contribution in [-0.2, 0) is 15.8 Å². The number of nitrogens with one attached hydrogen (secondary N) is 1. The van der Waals surface area contributed by atoms with Gasteiger partial charge in [0.05, 0.1) is 16.2 Å². The van der Waals surface area contributed by atoms with Crippen molar-refractivity contribution in [1.29, 1.82) is 0 Å². The number of halogens is 3. The lowest BCUT2D eigenvalue weighted by molar-refractivity contribution is -0.384. The van der Waals surface area contributed by atoms with Gasteiger partial charge in [-0.2, -0.15) is 13.2 Å². The summed E-state index contributed by atoms with van der Waals surface area (Å²) in [4.78, 5) is 36.9. The zero-order valence-corrected chi connectivity index (χ0v) is 16.5. The van der Waals surface area contributed by atoms with E-state index in [4.69, 9.17) is 4.74 Å². The highest BCUT2D eigenvalue weighted by Crippen LogP contribution is 2.38. The summed E-state index contributed by atoms with van der Waals surface area (Å²) in [5.74, 6) is -1.42. The quantitative estimate of drug-likeness (QED) is 0.563. The molecule has 31 heavy (non-hydrogen) atoms. The van der Waals surface area contributed by atoms with Crippen molar-refractivity contribution in [3.05, 3.63) is 58.1 Å². The number of nitro benzene ring substituents is 1. The van der Waals surface area contributed by atoms with Gasteiger partial charge in [0.1, 0.15) is 12.3 Å². The molecular formula is C20H18F3N3O5. The van der Waals surface area contributed by atoms with Crippen LogP contribution >= 0.6 is 0 Å². The van der Waals surface area contributed by atoms with Gasteiger partial charge >= 0.3 is 6.18 Å². The predicted molar refractivity (Wildman–Crippen MR) is 105 cm³/mol. The molecule has 3 rings (SSSR count). The smallest absolute Gasteiger partial charge is 0.416 e. The highest BCUT2D eigenvalue weighted by molar-refractivity contribution is 6.06. The number of carbonyl (C=O) groups excluding carboxylic acids is 2. The van der Waals surface area contributed by atoms with Crippen LogP contribution in [0.3, 0.4) is 0 Å². The van der Waals surface area contributed by atoms with Crippen LogP contribution in [0.5, 0.6) is 5.75 Å². The summed E-state index contributed by atoms with van der Waals surface area (Å²) in [5, 5.41) is 13.4. The molecule has 1 atom stereocenters. The lowest BCUT2D eigenvalue weighted by Gasteiger charge is -2.35. The van der Waals surface area contributed by atoms with Gasteiger partial charge in [-0.15, -0.1) is 0 Å². The van der Waals surface area contributed by atoms with Gasteiger partial charge in [0.2, 0.25) is 5.91 Å². The maximum absolute atomic E-state index is 12.9. The van der Waals surface area contributed by atoms with E-state index < -0.39 is 41.1 Å². The van der Waals surface area contributed by atoms with E-state index in [0.29, 0.717) is 0 Å². The minimum atomic E-state index is -4.58. The van der Waals surface area contributed by atoms with Gasteiger partial charge in [-0.05, 0) is 30.2 Å². The van der Waals surface area contributed by atoms with E-state index in [-0.39, 0.29) is 28.7 Å². The standard InChI is InChI=1S/C20H18F3N3O5/c1-11(2)18-19(28)25(15-9-14(26(29)30)6-7-16(15)31-18)10-17(27)24-13-5-3-4-12(8-13)20(21,22)23/h3-9,11,18H,10H2,1-2H3,(H,24,27). The van der Waals surface area contributed by atoms with E-state index in [1.54, 1.807) is 13.8 Å². The number of fused-ring (bicyclic) bond motifs is 1. The van der Waals surface area contributed by atoms with E-state index in [1.165, 1.54) is 18.2 Å². The normalized spacial score (nSPS) is 16.0. The molecule has 0 aliphatic carbocycles. The van der Waals surface area contributed by atoms with Gasteiger partial charge in [-0.1, -0.05) is 19.9 Å². The molecule has 2 amide bonds. The molecular weight excluding hydrogens is 419 g/mol. The molecule has 0 fully saturated rings. The van der Waals surface area contributed by atoms with Crippen LogP contribution in [0.1, 0.15) is 19.4 Å². The zero-order chi connectivity index (χ0) is 22.9. The molecule has 1 N–H and O–H groups in total. The van der Waals surface area contributed by atoms with Crippen LogP contribution in [0.2, 0.25) is 0 Å². The van der Waals surface area contributed by atoms with E-state index in [1.807, 2.05) is 0 Å². The average molecular weight is 437 g/mol. The molecule has 1 aliphatic rings. The Balaban J connectivity index is 1.88. The van der Waals surface area contributed by atoms with E-state index >= 15 is 0 Å². The predicted octanol–water partition coefficient (Wildman–Crippen LogP) is 4.00. The number of amides is 2. The summed E-state index contributed by atoms with van der Waals surface area (Å²) in [5.41, 5.74) is -1.30. The first-order chi connectivity index (χ1) is 14.5. The minimum absolute atomic E-state index is 0.0373. The van der Waals surface area contributed by atoms with Crippen LogP contribution < -0.4 is 15.0 Å². The number of hydrogen-bond donors (Lipinski definition) is 1. The highest BCUT2D eigenvalue weighted by atomic mass is 19.4. The average Bonchev–Trinajstić information content (AvgIpc) is 2.68. The molecule has 2 aromatic carbocycles. The summed E-state index contributed by atoms with van der Waals surface area (Å²) < 4.78 is 44.3. The molecule has 0 saturated carbocycles. The first-order valence-electron chi connectivity index (χ1n) is 9.21. The van der Waals surface area contributed by atoms with Gasteiger partial charge in [0.25, 0.3) is 11.6 Å². The van der Waals surface area contributed by atoms with Gasteiger partial charge in [-0.25, -0.2) is 0 Å². The number of non-ortho nitro benzene ring substituents is 1. The Morgan fingerprint density at radius 1 is 1.26 bits per heavy atom. The second-order valence-electron chi connectivity index (χ2n) is 7.24. The Hall–Kier alpha value is -3.63. The molecule has 8 nitrogen and oxygen atoms in total. The van der Waals surface area contributed by atoms with Crippen molar-refractivity contribution >= 4 is 28.9 Å². The number of alkyl halides is 3. The molecule has 11 heteroatoms. The number of ether oxygens (including phenoxy) is 1. The summed E-state index contributed by atoms with van der Waals surface area (Å²) in [6, 6.07) is 7.73. The Kier molecular flexibility index (Phi) is 5.87. The molecule has 1 heterocycles. The lowest BCUT2D eigenvalue weighted by atomic mass is 10.0. The zero-order valence-electron chi connectivity index (χ0n) is 16.5. The third-order valence-electron chi connectivity index (χ3n) is 4.59. The van der Waals surface area contributed by atoms with Crippen molar-refractivity contribution < 1.29 is 32.4 Å². The minimum Gasteiger partial charge on any atom is -0.478 e. The van der Waals surface area contributed by atoms with E-state index in [9.17, 15) is 32.9 Å². The van der Waals surface area contributed by atoms with Crippen molar-refractivity contribution in [2.75, 3.05) is 16.8 Å². The van der Waals surface area contributed by atoms with Gasteiger partial charge in [0, 0.05) is 17.8 Å². The van der Waals surface area contributed by atoms with Crippen molar-refractivity contribution in [2.45, 2.75) is 26.1 Å². The van der Waals surface area contributed by atoms with Crippen LogP contribution in [-0.4, -0.2) is 29.4 Å². The number of nitrogens with zero attached hydrogens (tertiary/aromatic N) is 2. The first kappa shape index (κ1) is 22.1. The summed E-state index contributed by atoms with van der Waals surface area (Å²) in [6.45, 7) is 2.91. The second kappa shape index (κ2) is 8.25. The Morgan fingerprint density at radius 2 is 1.97 bits per heavy atom. The third-order valence-corrected chi connectivity index (χ3v) is 4.59. The van der Waals surface area contributed by atoms with Crippen molar-refractivity contribution in [3.63, 3.8) is 0 Å². The Morgan fingerprint density at radius 3 is 2.58 bits per heavy atom. The first-order valence-corrected chi connectivity index (χ1v) is 9.21. The van der Waals surface area contributed by atoms with Gasteiger partial charge in [0.15, 0.2) is 6.10 Å². The van der Waals surface area contributed by atoms with Gasteiger partial charge in [-0.3, -0.25) is 24.6 Å². The molecule has 164 valence electrons. The summed E-state index contributed by atoms with van der Waals surface area (Å²) in [6.07, 6.45) is -5.50. The maximum Gasteiger partial charge on any atom is 0.416 e. The highest BCUT2D eigenvalue weighted by Gasteiger charge is 2.38. The molecule has 0 radical (unpaired) electrons. The summed E-state index contributed by atoms with van der Waals surface area (Å²) in [7, 11) is 0. The fourth-order valence-corrected chi connectivity index (χ4v) is 3.09. The van der Waals surface area contributed by atoms with Crippen LogP contribution in [0.25, 0.3) is 0 Å². The molecule has 1 aliphatic heterocycles. The Bertz CT molecular complexity index is 1040. The third kappa shape index (κ3) is 4.76. The molecule has 2 aromatic rings. The molecule has 0 aromatic heterocycles. The van der Waals surface area contributed by atoms with Crippen LogP contribution in [0.15, 0.2) is 42.5 Å². The molecule has 1 unspecified atom stereocenters. The van der Waals surface area contributed by atoms with Crippen molar-refractivity contribution in [1.82, 2.24) is 0 Å². The lowest BCUT2D eigenvalue weighted by Crippen LogP contribution is -2.50. The number of nitro groups is 1. The molecule has 0 bridgehead atoms. The monoisotopic (exact) mass is 437 g/mol. The SMILES string of the molecule is CC(C)C1Oc2ccc([N+](=O)[O-])cc2N(CC(=O)Nc2cccc(C(F)(F)F)c2)C1=O. The fraction of sp³-hybridized carbons (Fsp3) is 0.300. The number of hydrogen-bond acceptors (Lipinski definition) is 5. The van der Waals surface area contributed by atoms with Crippen LogP contribution in [0.4, 0.5) is 30.2 Å². The fourth-order valence-electron chi connectivity index (χ4n) is 3.09. The molecule has 0 saturated heterocycles. The summed E-state index contributed by atoms with van der Waals surface area (Å²) >= 11 is 0. The number of anilines is 2. The van der Waals surface area contributed by atoms with Crippen LogP contribution in [0, 0.1) is 16.0 Å². The van der Waals surface area contributed by atoms with Gasteiger partial charge < -0.3 is 10.1 Å². The van der Waals surface area contributed by atoms with E-state index in [0.717, 1.165) is 29.2 Å².